The van der Waals surface area contributed by atoms with E-state index in [1.807, 2.05) is 55.5 Å². The summed E-state index contributed by atoms with van der Waals surface area (Å²) in [6, 6.07) is 22.0. The molecule has 0 atom stereocenters. The number of rotatable bonds is 7. The molecule has 0 saturated carbocycles. The third-order valence-corrected chi connectivity index (χ3v) is 4.67. The topological polar surface area (TPSA) is 67.4 Å². The first-order valence-electron chi connectivity index (χ1n) is 9.45. The molecule has 3 aromatic carbocycles. The minimum atomic E-state index is -0.206. The summed E-state index contributed by atoms with van der Waals surface area (Å²) in [6.45, 7) is 2.43. The highest BCUT2D eigenvalue weighted by atomic mass is 16.5. The lowest BCUT2D eigenvalue weighted by atomic mass is 10.1. The molecule has 0 bridgehead atoms. The smallest absolute Gasteiger partial charge is 0.255 e. The number of benzene rings is 3. The van der Waals surface area contributed by atoms with E-state index in [1.54, 1.807) is 31.4 Å². The summed E-state index contributed by atoms with van der Waals surface area (Å²) in [6.07, 6.45) is 0.673. The van der Waals surface area contributed by atoms with Gasteiger partial charge >= 0.3 is 0 Å². The molecular weight excluding hydrogens is 364 g/mol. The molecular formula is C24H24N2O3. The van der Waals surface area contributed by atoms with Gasteiger partial charge in [-0.2, -0.15) is 0 Å². The zero-order valence-corrected chi connectivity index (χ0v) is 16.6. The van der Waals surface area contributed by atoms with Crippen LogP contribution in [0.4, 0.5) is 5.69 Å². The van der Waals surface area contributed by atoms with Crippen LogP contribution in [-0.4, -0.2) is 25.5 Å². The number of carbonyl (C=O) groups excluding carboxylic acids is 2. The molecule has 0 aliphatic rings. The van der Waals surface area contributed by atoms with Gasteiger partial charge in [-0.15, -0.1) is 0 Å². The van der Waals surface area contributed by atoms with Crippen molar-refractivity contribution in [1.29, 1.82) is 0 Å². The Labute approximate surface area is 170 Å². The maximum Gasteiger partial charge on any atom is 0.255 e. The van der Waals surface area contributed by atoms with Crippen molar-refractivity contribution in [2.24, 2.45) is 0 Å². The van der Waals surface area contributed by atoms with Gasteiger partial charge in [0.15, 0.2) is 0 Å². The van der Waals surface area contributed by atoms with E-state index in [-0.39, 0.29) is 11.8 Å². The quantitative estimate of drug-likeness (QED) is 0.637. The second-order valence-corrected chi connectivity index (χ2v) is 6.66. The lowest BCUT2D eigenvalue weighted by Crippen LogP contribution is -2.25. The van der Waals surface area contributed by atoms with Crippen LogP contribution in [0.2, 0.25) is 0 Å². The molecule has 0 heterocycles. The number of methoxy groups -OCH3 is 1. The van der Waals surface area contributed by atoms with Crippen LogP contribution in [0, 0.1) is 6.92 Å². The van der Waals surface area contributed by atoms with Gasteiger partial charge in [0.2, 0.25) is 0 Å². The maximum atomic E-state index is 12.4. The van der Waals surface area contributed by atoms with Gasteiger partial charge in [0.25, 0.3) is 11.8 Å². The number of hydrogen-bond donors (Lipinski definition) is 2. The van der Waals surface area contributed by atoms with E-state index >= 15 is 0 Å². The highest BCUT2D eigenvalue weighted by Gasteiger charge is 2.10. The standard InChI is InChI=1S/C24H24N2O3/c1-17-7-3-5-9-21(17)26-24(28)20-13-11-19(12-14-20)23(27)25-16-15-18-8-4-6-10-22(18)29-2/h3-14H,15-16H2,1-2H3,(H,25,27)(H,26,28). The van der Waals surface area contributed by atoms with Crippen LogP contribution >= 0.6 is 0 Å². The van der Waals surface area contributed by atoms with Crippen LogP contribution in [0.15, 0.2) is 72.8 Å². The van der Waals surface area contributed by atoms with E-state index in [2.05, 4.69) is 10.6 Å². The SMILES string of the molecule is COc1ccccc1CCNC(=O)c1ccc(C(=O)Nc2ccccc2C)cc1. The molecule has 0 fully saturated rings. The average molecular weight is 388 g/mol. The summed E-state index contributed by atoms with van der Waals surface area (Å²) in [5.41, 5.74) is 3.82. The Kier molecular flexibility index (Phi) is 6.63. The average Bonchev–Trinajstić information content (AvgIpc) is 2.75. The van der Waals surface area contributed by atoms with Gasteiger partial charge in [0.1, 0.15) is 5.75 Å². The predicted molar refractivity (Wildman–Crippen MR) is 115 cm³/mol. The molecule has 0 spiro atoms. The Morgan fingerprint density at radius 3 is 2.14 bits per heavy atom. The van der Waals surface area contributed by atoms with E-state index in [1.165, 1.54) is 0 Å². The van der Waals surface area contributed by atoms with Crippen molar-refractivity contribution < 1.29 is 14.3 Å². The third-order valence-electron chi connectivity index (χ3n) is 4.67. The van der Waals surface area contributed by atoms with Crippen LogP contribution in [0.1, 0.15) is 31.8 Å². The number of carbonyl (C=O) groups is 2. The lowest BCUT2D eigenvalue weighted by molar-refractivity contribution is 0.0952. The molecule has 29 heavy (non-hydrogen) atoms. The molecule has 5 nitrogen and oxygen atoms in total. The van der Waals surface area contributed by atoms with Crippen LogP contribution in [0.25, 0.3) is 0 Å². The van der Waals surface area contributed by atoms with Gasteiger partial charge in [-0.3, -0.25) is 9.59 Å². The summed E-state index contributed by atoms with van der Waals surface area (Å²) < 4.78 is 5.32. The van der Waals surface area contributed by atoms with Crippen molar-refractivity contribution in [1.82, 2.24) is 5.32 Å². The minimum Gasteiger partial charge on any atom is -0.496 e. The Bertz CT molecular complexity index is 997. The molecule has 3 aromatic rings. The number of aryl methyl sites for hydroxylation is 1. The zero-order chi connectivity index (χ0) is 20.6. The van der Waals surface area contributed by atoms with Gasteiger partial charge in [-0.05, 0) is 60.9 Å². The van der Waals surface area contributed by atoms with Crippen LogP contribution < -0.4 is 15.4 Å². The van der Waals surface area contributed by atoms with E-state index in [4.69, 9.17) is 4.74 Å². The van der Waals surface area contributed by atoms with E-state index in [0.29, 0.717) is 24.1 Å². The predicted octanol–water partition coefficient (Wildman–Crippen LogP) is 4.23. The number of amides is 2. The summed E-state index contributed by atoms with van der Waals surface area (Å²) in [7, 11) is 1.63. The van der Waals surface area contributed by atoms with Crippen LogP contribution in [0.5, 0.6) is 5.75 Å². The molecule has 3 rings (SSSR count). The van der Waals surface area contributed by atoms with Gasteiger partial charge in [0, 0.05) is 23.4 Å². The van der Waals surface area contributed by atoms with Crippen molar-refractivity contribution >= 4 is 17.5 Å². The molecule has 0 saturated heterocycles. The summed E-state index contributed by atoms with van der Waals surface area (Å²) >= 11 is 0. The molecule has 5 heteroatoms. The Balaban J connectivity index is 1.56. The Morgan fingerprint density at radius 2 is 1.45 bits per heavy atom. The fraction of sp³-hybridized carbons (Fsp3) is 0.167. The number of ether oxygens (including phenoxy) is 1. The minimum absolute atomic E-state index is 0.175. The molecule has 0 unspecified atom stereocenters. The van der Waals surface area contributed by atoms with E-state index in [9.17, 15) is 9.59 Å². The fourth-order valence-corrected chi connectivity index (χ4v) is 3.00. The fourth-order valence-electron chi connectivity index (χ4n) is 3.00. The Hall–Kier alpha value is -3.60. The first-order chi connectivity index (χ1) is 14.1. The second-order valence-electron chi connectivity index (χ2n) is 6.66. The lowest BCUT2D eigenvalue weighted by Gasteiger charge is -2.10. The zero-order valence-electron chi connectivity index (χ0n) is 16.6. The molecule has 0 aliphatic carbocycles. The number of hydrogen-bond acceptors (Lipinski definition) is 3. The highest BCUT2D eigenvalue weighted by molar-refractivity contribution is 6.05. The van der Waals surface area contributed by atoms with E-state index in [0.717, 1.165) is 22.6 Å². The number of para-hydroxylation sites is 2. The molecule has 0 radical (unpaired) electrons. The van der Waals surface area contributed by atoms with Crippen LogP contribution in [-0.2, 0) is 6.42 Å². The summed E-state index contributed by atoms with van der Waals surface area (Å²) in [5.74, 6) is 0.430. The van der Waals surface area contributed by atoms with Crippen molar-refractivity contribution in [3.8, 4) is 5.75 Å². The van der Waals surface area contributed by atoms with E-state index < -0.39 is 0 Å². The van der Waals surface area contributed by atoms with Gasteiger partial charge in [-0.25, -0.2) is 0 Å². The van der Waals surface area contributed by atoms with Gasteiger partial charge in [0.05, 0.1) is 7.11 Å². The first-order valence-corrected chi connectivity index (χ1v) is 9.45. The third kappa shape index (κ3) is 5.23. The molecule has 0 aliphatic heterocycles. The summed E-state index contributed by atoms with van der Waals surface area (Å²) in [4.78, 5) is 24.8. The largest absolute Gasteiger partial charge is 0.496 e. The van der Waals surface area contributed by atoms with Crippen molar-refractivity contribution in [3.05, 3.63) is 95.1 Å². The highest BCUT2D eigenvalue weighted by Crippen LogP contribution is 2.17. The molecule has 148 valence electrons. The first kappa shape index (κ1) is 20.1. The molecule has 2 N–H and O–H groups in total. The van der Waals surface area contributed by atoms with Crippen LogP contribution in [0.3, 0.4) is 0 Å². The van der Waals surface area contributed by atoms with Crippen molar-refractivity contribution in [2.75, 3.05) is 19.0 Å². The number of anilines is 1. The van der Waals surface area contributed by atoms with Crippen molar-refractivity contribution in [3.63, 3.8) is 0 Å². The normalized spacial score (nSPS) is 10.3. The maximum absolute atomic E-state index is 12.4. The summed E-state index contributed by atoms with van der Waals surface area (Å²) in [5, 5.41) is 5.79. The molecule has 0 aromatic heterocycles. The monoisotopic (exact) mass is 388 g/mol. The number of nitrogens with one attached hydrogen (secondary N) is 2. The van der Waals surface area contributed by atoms with Gasteiger partial charge in [-0.1, -0.05) is 36.4 Å². The Morgan fingerprint density at radius 1 is 0.828 bits per heavy atom. The second kappa shape index (κ2) is 9.55. The molecule has 2 amide bonds. The van der Waals surface area contributed by atoms with Gasteiger partial charge < -0.3 is 15.4 Å². The van der Waals surface area contributed by atoms with Crippen molar-refractivity contribution in [2.45, 2.75) is 13.3 Å².